The second-order valence-electron chi connectivity index (χ2n) is 4.37. The molecule has 0 aliphatic rings. The lowest BCUT2D eigenvalue weighted by atomic mass is 10.2. The fraction of sp³-hybridized carbons (Fsp3) is 0.267. The van der Waals surface area contributed by atoms with Gasteiger partial charge in [0.1, 0.15) is 11.5 Å². The fourth-order valence-corrected chi connectivity index (χ4v) is 2.17. The molecule has 0 radical (unpaired) electrons. The number of benzene rings is 1. The van der Waals surface area contributed by atoms with Gasteiger partial charge in [0, 0.05) is 18.8 Å². The first-order valence-electron chi connectivity index (χ1n) is 6.21. The van der Waals surface area contributed by atoms with Crippen molar-refractivity contribution in [2.45, 2.75) is 13.5 Å². The molecule has 0 saturated heterocycles. The van der Waals surface area contributed by atoms with Gasteiger partial charge in [-0.05, 0) is 36.2 Å². The zero-order valence-electron chi connectivity index (χ0n) is 11.7. The van der Waals surface area contributed by atoms with Crippen LogP contribution >= 0.6 is 11.6 Å². The second-order valence-corrected chi connectivity index (χ2v) is 4.73. The molecule has 0 bridgehead atoms. The molecule has 0 aliphatic heterocycles. The van der Waals surface area contributed by atoms with Crippen LogP contribution in [0.3, 0.4) is 0 Å². The molecule has 1 N–H and O–H groups in total. The van der Waals surface area contributed by atoms with Crippen molar-refractivity contribution in [3.05, 3.63) is 46.7 Å². The summed E-state index contributed by atoms with van der Waals surface area (Å²) >= 11 is 6.09. The molecule has 20 heavy (non-hydrogen) atoms. The van der Waals surface area contributed by atoms with E-state index in [4.69, 9.17) is 21.1 Å². The Balaban J connectivity index is 2.18. The molecule has 0 amide bonds. The van der Waals surface area contributed by atoms with Gasteiger partial charge in [0.15, 0.2) is 5.15 Å². The van der Waals surface area contributed by atoms with Crippen molar-refractivity contribution < 1.29 is 9.47 Å². The summed E-state index contributed by atoms with van der Waals surface area (Å²) in [6, 6.07) is 7.66. The van der Waals surface area contributed by atoms with Crippen LogP contribution in [0.25, 0.3) is 0 Å². The maximum atomic E-state index is 6.09. The number of hydrogen-bond donors (Lipinski definition) is 1. The molecule has 0 atom stereocenters. The molecule has 2 rings (SSSR count). The number of aryl methyl sites for hydroxylation is 1. The molecule has 0 unspecified atom stereocenters. The van der Waals surface area contributed by atoms with E-state index in [0.717, 1.165) is 28.3 Å². The normalized spacial score (nSPS) is 10.2. The summed E-state index contributed by atoms with van der Waals surface area (Å²) in [7, 11) is 3.27. The van der Waals surface area contributed by atoms with Gasteiger partial charge in [0.25, 0.3) is 0 Å². The smallest absolute Gasteiger partial charge is 0.152 e. The highest BCUT2D eigenvalue weighted by molar-refractivity contribution is 6.32. The Labute approximate surface area is 123 Å². The van der Waals surface area contributed by atoms with Crippen LogP contribution < -0.4 is 14.8 Å². The maximum absolute atomic E-state index is 6.09. The van der Waals surface area contributed by atoms with E-state index < -0.39 is 0 Å². The van der Waals surface area contributed by atoms with E-state index in [0.29, 0.717) is 11.7 Å². The van der Waals surface area contributed by atoms with E-state index in [9.17, 15) is 0 Å². The monoisotopic (exact) mass is 292 g/mol. The van der Waals surface area contributed by atoms with Crippen molar-refractivity contribution in [1.29, 1.82) is 0 Å². The zero-order valence-corrected chi connectivity index (χ0v) is 12.5. The van der Waals surface area contributed by atoms with Gasteiger partial charge < -0.3 is 14.8 Å². The first kappa shape index (κ1) is 14.5. The van der Waals surface area contributed by atoms with Gasteiger partial charge in [0.05, 0.1) is 19.9 Å². The van der Waals surface area contributed by atoms with Crippen molar-refractivity contribution in [3.63, 3.8) is 0 Å². The molecule has 106 valence electrons. The van der Waals surface area contributed by atoms with Crippen molar-refractivity contribution in [2.24, 2.45) is 0 Å². The lowest BCUT2D eigenvalue weighted by Crippen LogP contribution is -2.03. The van der Waals surface area contributed by atoms with E-state index in [1.165, 1.54) is 0 Å². The Morgan fingerprint density at radius 3 is 2.35 bits per heavy atom. The molecular formula is C15H17ClN2O2. The molecular weight excluding hydrogens is 276 g/mol. The summed E-state index contributed by atoms with van der Waals surface area (Å²) in [6.45, 7) is 2.60. The van der Waals surface area contributed by atoms with E-state index in [1.807, 2.05) is 31.2 Å². The van der Waals surface area contributed by atoms with Crippen LogP contribution in [0.5, 0.6) is 11.5 Å². The number of rotatable bonds is 5. The third kappa shape index (κ3) is 3.33. The summed E-state index contributed by atoms with van der Waals surface area (Å²) in [5, 5.41) is 3.77. The van der Waals surface area contributed by atoms with Crippen LogP contribution in [-0.2, 0) is 6.54 Å². The van der Waals surface area contributed by atoms with Crippen LogP contribution in [0.15, 0.2) is 30.5 Å². The molecule has 0 saturated carbocycles. The largest absolute Gasteiger partial charge is 0.497 e. The minimum atomic E-state index is 0.472. The number of pyridine rings is 1. The first-order valence-corrected chi connectivity index (χ1v) is 6.58. The van der Waals surface area contributed by atoms with Gasteiger partial charge in [-0.3, -0.25) is 0 Å². The number of halogens is 1. The highest BCUT2D eigenvalue weighted by Gasteiger charge is 2.06. The zero-order chi connectivity index (χ0) is 14.5. The lowest BCUT2D eigenvalue weighted by molar-refractivity contribution is 0.393. The number of aromatic nitrogens is 1. The Morgan fingerprint density at radius 2 is 1.80 bits per heavy atom. The average molecular weight is 293 g/mol. The molecule has 0 aliphatic carbocycles. The van der Waals surface area contributed by atoms with Gasteiger partial charge in [-0.2, -0.15) is 0 Å². The minimum Gasteiger partial charge on any atom is -0.497 e. The molecule has 4 nitrogen and oxygen atoms in total. The van der Waals surface area contributed by atoms with Gasteiger partial charge in [-0.1, -0.05) is 11.6 Å². The van der Waals surface area contributed by atoms with Crippen molar-refractivity contribution in [1.82, 2.24) is 4.98 Å². The summed E-state index contributed by atoms with van der Waals surface area (Å²) in [4.78, 5) is 4.07. The van der Waals surface area contributed by atoms with E-state index >= 15 is 0 Å². The number of methoxy groups -OCH3 is 2. The Kier molecular flexibility index (Phi) is 4.69. The quantitative estimate of drug-likeness (QED) is 0.854. The van der Waals surface area contributed by atoms with Crippen LogP contribution in [0.4, 0.5) is 5.69 Å². The molecule has 0 spiro atoms. The summed E-state index contributed by atoms with van der Waals surface area (Å²) in [6.07, 6.45) is 1.69. The number of hydrogen-bond acceptors (Lipinski definition) is 4. The Hall–Kier alpha value is -1.94. The minimum absolute atomic E-state index is 0.472. The molecule has 1 aromatic heterocycles. The average Bonchev–Trinajstić information content (AvgIpc) is 2.46. The van der Waals surface area contributed by atoms with Gasteiger partial charge >= 0.3 is 0 Å². The van der Waals surface area contributed by atoms with Crippen molar-refractivity contribution in [3.8, 4) is 11.5 Å². The third-order valence-electron chi connectivity index (χ3n) is 2.99. The van der Waals surface area contributed by atoms with Gasteiger partial charge in [-0.15, -0.1) is 0 Å². The fourth-order valence-electron chi connectivity index (χ4n) is 1.90. The van der Waals surface area contributed by atoms with Crippen molar-refractivity contribution in [2.75, 3.05) is 19.5 Å². The van der Waals surface area contributed by atoms with Crippen molar-refractivity contribution >= 4 is 17.3 Å². The molecule has 1 heterocycles. The topological polar surface area (TPSA) is 43.4 Å². The maximum Gasteiger partial charge on any atom is 0.152 e. The summed E-state index contributed by atoms with van der Waals surface area (Å²) in [5.74, 6) is 1.52. The Bertz CT molecular complexity index is 560. The Morgan fingerprint density at radius 1 is 1.15 bits per heavy atom. The first-order chi connectivity index (χ1) is 9.63. The summed E-state index contributed by atoms with van der Waals surface area (Å²) < 4.78 is 10.5. The van der Waals surface area contributed by atoms with E-state index in [-0.39, 0.29) is 0 Å². The second kappa shape index (κ2) is 6.48. The number of nitrogens with zero attached hydrogens (tertiary/aromatic N) is 1. The molecule has 1 aromatic carbocycles. The van der Waals surface area contributed by atoms with E-state index in [1.54, 1.807) is 20.4 Å². The van der Waals surface area contributed by atoms with Crippen LogP contribution in [0.2, 0.25) is 5.15 Å². The standard InChI is InChI=1S/C15H17ClN2O2/c1-10-4-5-17-15(16)14(10)18-9-11-6-12(19-2)8-13(7-11)20-3/h4-8,18H,9H2,1-3H3. The number of nitrogens with one attached hydrogen (secondary N) is 1. The SMILES string of the molecule is COc1cc(CNc2c(C)ccnc2Cl)cc(OC)c1. The highest BCUT2D eigenvalue weighted by Crippen LogP contribution is 2.26. The number of anilines is 1. The third-order valence-corrected chi connectivity index (χ3v) is 3.28. The molecule has 2 aromatic rings. The predicted octanol–water partition coefficient (Wildman–Crippen LogP) is 3.67. The van der Waals surface area contributed by atoms with E-state index in [2.05, 4.69) is 10.3 Å². The highest BCUT2D eigenvalue weighted by atomic mass is 35.5. The molecule has 0 fully saturated rings. The van der Waals surface area contributed by atoms with Crippen LogP contribution in [0, 0.1) is 6.92 Å². The van der Waals surface area contributed by atoms with Crippen LogP contribution in [0.1, 0.15) is 11.1 Å². The van der Waals surface area contributed by atoms with Gasteiger partial charge in [0.2, 0.25) is 0 Å². The summed E-state index contributed by atoms with van der Waals surface area (Å²) in [5.41, 5.74) is 2.94. The lowest BCUT2D eigenvalue weighted by Gasteiger charge is -2.12. The predicted molar refractivity (Wildman–Crippen MR) is 80.9 cm³/mol. The molecule has 5 heteroatoms. The number of ether oxygens (including phenoxy) is 2. The van der Waals surface area contributed by atoms with Crippen LogP contribution in [-0.4, -0.2) is 19.2 Å². The van der Waals surface area contributed by atoms with Gasteiger partial charge in [-0.25, -0.2) is 4.98 Å².